The van der Waals surface area contributed by atoms with Crippen molar-refractivity contribution in [2.24, 2.45) is 17.8 Å². The average Bonchev–Trinajstić information content (AvgIpc) is 2.22. The molecule has 42 valence electrons. The molecule has 1 aliphatic carbocycles. The van der Waals surface area contributed by atoms with Gasteiger partial charge in [-0.3, -0.25) is 0 Å². The van der Waals surface area contributed by atoms with E-state index in [-0.39, 0.29) is 0 Å². The summed E-state index contributed by atoms with van der Waals surface area (Å²) in [6, 6.07) is 2.26. The van der Waals surface area contributed by atoms with E-state index >= 15 is 0 Å². The number of ether oxygens (including phenoxy) is 1. The molecule has 1 heterocycles. The molecule has 0 N–H and O–H groups in total. The van der Waals surface area contributed by atoms with Crippen LogP contribution in [-0.4, -0.2) is 13.2 Å². The fourth-order valence-electron chi connectivity index (χ4n) is 1.43. The van der Waals surface area contributed by atoms with Crippen LogP contribution in [0.2, 0.25) is 0 Å². The molecule has 1 aliphatic heterocycles. The highest BCUT2D eigenvalue weighted by Crippen LogP contribution is 2.49. The topological polar surface area (TPSA) is 33.0 Å². The lowest BCUT2D eigenvalue weighted by molar-refractivity contribution is 0.158. The standard InChI is InChI=1S/C6H7NO/c7-1-4-5-2-8-3-6(4)5/h4-6H,2-3H2. The van der Waals surface area contributed by atoms with E-state index in [2.05, 4.69) is 6.07 Å². The minimum absolute atomic E-state index is 0.351. The monoisotopic (exact) mass is 109 g/mol. The van der Waals surface area contributed by atoms with E-state index in [9.17, 15) is 0 Å². The number of hydrogen-bond acceptors (Lipinski definition) is 2. The van der Waals surface area contributed by atoms with Crippen molar-refractivity contribution < 1.29 is 4.74 Å². The average molecular weight is 109 g/mol. The van der Waals surface area contributed by atoms with E-state index in [1.807, 2.05) is 0 Å². The third kappa shape index (κ3) is 0.354. The van der Waals surface area contributed by atoms with Crippen molar-refractivity contribution in [2.75, 3.05) is 13.2 Å². The smallest absolute Gasteiger partial charge is 0.0663 e. The number of fused-ring (bicyclic) bond motifs is 1. The first-order valence-electron chi connectivity index (χ1n) is 2.91. The van der Waals surface area contributed by atoms with E-state index in [0.29, 0.717) is 17.8 Å². The zero-order chi connectivity index (χ0) is 5.56. The van der Waals surface area contributed by atoms with Gasteiger partial charge in [-0.1, -0.05) is 0 Å². The molecule has 2 heteroatoms. The van der Waals surface area contributed by atoms with Gasteiger partial charge >= 0.3 is 0 Å². The Morgan fingerprint density at radius 3 is 2.38 bits per heavy atom. The summed E-state index contributed by atoms with van der Waals surface area (Å²) in [6.07, 6.45) is 0. The third-order valence-electron chi connectivity index (χ3n) is 2.10. The van der Waals surface area contributed by atoms with E-state index < -0.39 is 0 Å². The summed E-state index contributed by atoms with van der Waals surface area (Å²) in [5.41, 5.74) is 0. The summed E-state index contributed by atoms with van der Waals surface area (Å²) in [5.74, 6) is 1.57. The van der Waals surface area contributed by atoms with Gasteiger partial charge < -0.3 is 4.74 Å². The lowest BCUT2D eigenvalue weighted by Gasteiger charge is -1.92. The maximum absolute atomic E-state index is 8.41. The van der Waals surface area contributed by atoms with E-state index in [1.54, 1.807) is 0 Å². The lowest BCUT2D eigenvalue weighted by Crippen LogP contribution is -1.94. The van der Waals surface area contributed by atoms with Crippen LogP contribution in [0.25, 0.3) is 0 Å². The van der Waals surface area contributed by atoms with Crippen LogP contribution in [0.1, 0.15) is 0 Å². The molecule has 2 rings (SSSR count). The van der Waals surface area contributed by atoms with Crippen LogP contribution in [0, 0.1) is 29.1 Å². The molecule has 0 aromatic rings. The molecule has 2 unspecified atom stereocenters. The first kappa shape index (κ1) is 4.34. The van der Waals surface area contributed by atoms with Crippen molar-refractivity contribution in [3.05, 3.63) is 0 Å². The first-order valence-corrected chi connectivity index (χ1v) is 2.91. The van der Waals surface area contributed by atoms with Gasteiger partial charge in [0.05, 0.1) is 25.2 Å². The largest absolute Gasteiger partial charge is 0.381 e. The molecular formula is C6H7NO. The fraction of sp³-hybridized carbons (Fsp3) is 0.833. The molecule has 2 nitrogen and oxygen atoms in total. The summed E-state index contributed by atoms with van der Waals surface area (Å²) in [4.78, 5) is 0. The summed E-state index contributed by atoms with van der Waals surface area (Å²) in [5, 5.41) is 8.41. The highest BCUT2D eigenvalue weighted by atomic mass is 16.5. The Kier molecular flexibility index (Phi) is 0.671. The van der Waals surface area contributed by atoms with E-state index in [4.69, 9.17) is 10.00 Å². The Balaban J connectivity index is 2.06. The zero-order valence-corrected chi connectivity index (χ0v) is 4.50. The second kappa shape index (κ2) is 1.24. The SMILES string of the molecule is N#CC1C2COCC12. The molecule has 0 spiro atoms. The second-order valence-corrected chi connectivity index (χ2v) is 2.52. The van der Waals surface area contributed by atoms with Crippen molar-refractivity contribution in [1.29, 1.82) is 5.26 Å². The molecular weight excluding hydrogens is 102 g/mol. The molecule has 0 amide bonds. The normalized spacial score (nSPS) is 50.1. The van der Waals surface area contributed by atoms with Crippen molar-refractivity contribution >= 4 is 0 Å². The van der Waals surface area contributed by atoms with Crippen molar-refractivity contribution in [1.82, 2.24) is 0 Å². The maximum Gasteiger partial charge on any atom is 0.0663 e. The van der Waals surface area contributed by atoms with Crippen LogP contribution in [-0.2, 0) is 4.74 Å². The Labute approximate surface area is 48.1 Å². The Morgan fingerprint density at radius 2 is 2.00 bits per heavy atom. The van der Waals surface area contributed by atoms with E-state index in [1.165, 1.54) is 0 Å². The highest BCUT2D eigenvalue weighted by Gasteiger charge is 2.54. The third-order valence-corrected chi connectivity index (χ3v) is 2.10. The predicted octanol–water partition coefficient (Wildman–Crippen LogP) is 0.402. The highest BCUT2D eigenvalue weighted by molar-refractivity contribution is 5.10. The summed E-state index contributed by atoms with van der Waals surface area (Å²) < 4.78 is 5.09. The van der Waals surface area contributed by atoms with Gasteiger partial charge in [-0.2, -0.15) is 5.26 Å². The van der Waals surface area contributed by atoms with Crippen LogP contribution < -0.4 is 0 Å². The Hall–Kier alpha value is -0.550. The zero-order valence-electron chi connectivity index (χ0n) is 4.50. The Bertz CT molecular complexity index is 139. The van der Waals surface area contributed by atoms with Gasteiger partial charge in [0, 0.05) is 11.8 Å². The molecule has 2 aliphatic rings. The number of hydrogen-bond donors (Lipinski definition) is 0. The van der Waals surface area contributed by atoms with E-state index in [0.717, 1.165) is 13.2 Å². The molecule has 0 aromatic heterocycles. The molecule has 2 atom stereocenters. The van der Waals surface area contributed by atoms with Gasteiger partial charge in [-0.15, -0.1) is 0 Å². The van der Waals surface area contributed by atoms with Crippen molar-refractivity contribution in [3.8, 4) is 6.07 Å². The van der Waals surface area contributed by atoms with Gasteiger partial charge in [0.15, 0.2) is 0 Å². The first-order chi connectivity index (χ1) is 3.93. The molecule has 2 fully saturated rings. The van der Waals surface area contributed by atoms with Crippen LogP contribution in [0.15, 0.2) is 0 Å². The number of rotatable bonds is 0. The fourth-order valence-corrected chi connectivity index (χ4v) is 1.43. The maximum atomic E-state index is 8.41. The van der Waals surface area contributed by atoms with Crippen LogP contribution in [0.3, 0.4) is 0 Å². The lowest BCUT2D eigenvalue weighted by atomic mass is 10.3. The second-order valence-electron chi connectivity index (χ2n) is 2.52. The van der Waals surface area contributed by atoms with Gasteiger partial charge in [-0.05, 0) is 0 Å². The van der Waals surface area contributed by atoms with Gasteiger partial charge in [0.2, 0.25) is 0 Å². The number of nitrogens with zero attached hydrogens (tertiary/aromatic N) is 1. The van der Waals surface area contributed by atoms with Crippen LogP contribution >= 0.6 is 0 Å². The summed E-state index contributed by atoms with van der Waals surface area (Å²) in [6.45, 7) is 1.67. The molecule has 0 aromatic carbocycles. The Morgan fingerprint density at radius 1 is 1.38 bits per heavy atom. The minimum atomic E-state index is 0.351. The number of nitriles is 1. The molecule has 1 saturated carbocycles. The van der Waals surface area contributed by atoms with Crippen molar-refractivity contribution in [2.45, 2.75) is 0 Å². The van der Waals surface area contributed by atoms with Gasteiger partial charge in [0.1, 0.15) is 0 Å². The van der Waals surface area contributed by atoms with Gasteiger partial charge in [0.25, 0.3) is 0 Å². The predicted molar refractivity (Wildman–Crippen MR) is 26.9 cm³/mol. The minimum Gasteiger partial charge on any atom is -0.381 e. The molecule has 8 heavy (non-hydrogen) atoms. The molecule has 1 saturated heterocycles. The van der Waals surface area contributed by atoms with Crippen LogP contribution in [0.4, 0.5) is 0 Å². The summed E-state index contributed by atoms with van der Waals surface area (Å²) >= 11 is 0. The van der Waals surface area contributed by atoms with Crippen LogP contribution in [0.5, 0.6) is 0 Å². The molecule has 0 bridgehead atoms. The van der Waals surface area contributed by atoms with Crippen molar-refractivity contribution in [3.63, 3.8) is 0 Å². The summed E-state index contributed by atoms with van der Waals surface area (Å²) in [7, 11) is 0. The quantitative estimate of drug-likeness (QED) is 0.451. The molecule has 0 radical (unpaired) electrons. The van der Waals surface area contributed by atoms with Gasteiger partial charge in [-0.25, -0.2) is 0 Å².